The van der Waals surface area contributed by atoms with Crippen LogP contribution in [0.25, 0.3) is 11.1 Å². The molecular formula is C36H39NO8. The van der Waals surface area contributed by atoms with Gasteiger partial charge in [-0.3, -0.25) is 14.4 Å². The van der Waals surface area contributed by atoms with Crippen molar-refractivity contribution in [2.24, 2.45) is 0 Å². The Morgan fingerprint density at radius 2 is 1.64 bits per heavy atom. The molecule has 1 heterocycles. The van der Waals surface area contributed by atoms with Crippen molar-refractivity contribution in [3.8, 4) is 40.2 Å². The van der Waals surface area contributed by atoms with Gasteiger partial charge in [-0.2, -0.15) is 0 Å². The van der Waals surface area contributed by atoms with Crippen LogP contribution >= 0.6 is 0 Å². The highest BCUT2D eigenvalue weighted by Crippen LogP contribution is 2.36. The summed E-state index contributed by atoms with van der Waals surface area (Å²) in [6.07, 6.45) is 4.98. The highest BCUT2D eigenvalue weighted by Gasteiger charge is 2.16. The van der Waals surface area contributed by atoms with Gasteiger partial charge in [-0.15, -0.1) is 0 Å². The summed E-state index contributed by atoms with van der Waals surface area (Å²) in [4.78, 5) is 36.4. The first kappa shape index (κ1) is 32.9. The average Bonchev–Trinajstić information content (AvgIpc) is 3.49. The number of carbonyl (C=O) groups is 3. The predicted octanol–water partition coefficient (Wildman–Crippen LogP) is 6.20. The van der Waals surface area contributed by atoms with Crippen LogP contribution in [0.1, 0.15) is 72.0 Å². The monoisotopic (exact) mass is 613 g/mol. The molecule has 0 fully saturated rings. The lowest BCUT2D eigenvalue weighted by molar-refractivity contribution is -0.138. The van der Waals surface area contributed by atoms with Gasteiger partial charge in [0.05, 0.1) is 6.61 Å². The van der Waals surface area contributed by atoms with Crippen LogP contribution in [0.2, 0.25) is 0 Å². The zero-order chi connectivity index (χ0) is 32.2. The summed E-state index contributed by atoms with van der Waals surface area (Å²) in [6, 6.07) is 17.1. The molecule has 0 atom stereocenters. The third kappa shape index (κ3) is 9.77. The molecular weight excluding hydrogens is 574 g/mol. The maximum Gasteiger partial charge on any atom is 0.303 e. The number of carbonyl (C=O) groups excluding carboxylic acids is 1. The average molecular weight is 614 g/mol. The summed E-state index contributed by atoms with van der Waals surface area (Å²) in [5.41, 5.74) is 5.03. The van der Waals surface area contributed by atoms with Gasteiger partial charge >= 0.3 is 11.9 Å². The number of aryl methyl sites for hydroxylation is 1. The van der Waals surface area contributed by atoms with Crippen molar-refractivity contribution in [1.29, 1.82) is 0 Å². The minimum Gasteiger partial charge on any atom is -0.493 e. The number of hydrogen-bond acceptors (Lipinski definition) is 6. The van der Waals surface area contributed by atoms with Gasteiger partial charge in [0.1, 0.15) is 5.75 Å². The Bertz CT molecular complexity index is 1580. The minimum atomic E-state index is -0.875. The Balaban J connectivity index is 1.37. The van der Waals surface area contributed by atoms with Crippen molar-refractivity contribution < 1.29 is 38.8 Å². The molecule has 9 heteroatoms. The number of aliphatic carboxylic acids is 2. The van der Waals surface area contributed by atoms with E-state index in [1.54, 1.807) is 19.0 Å². The van der Waals surface area contributed by atoms with Crippen LogP contribution < -0.4 is 14.2 Å². The van der Waals surface area contributed by atoms with Crippen molar-refractivity contribution in [1.82, 2.24) is 4.90 Å². The molecule has 0 aliphatic carbocycles. The molecule has 3 aromatic carbocycles. The van der Waals surface area contributed by atoms with Crippen molar-refractivity contribution in [3.63, 3.8) is 0 Å². The van der Waals surface area contributed by atoms with E-state index in [1.165, 1.54) is 0 Å². The highest BCUT2D eigenvalue weighted by molar-refractivity contribution is 5.95. The summed E-state index contributed by atoms with van der Waals surface area (Å²) < 4.78 is 16.8. The Labute approximate surface area is 263 Å². The fourth-order valence-electron chi connectivity index (χ4n) is 5.10. The molecule has 4 rings (SSSR count). The minimum absolute atomic E-state index is 0.00416. The number of benzene rings is 3. The topological polar surface area (TPSA) is 123 Å². The van der Waals surface area contributed by atoms with Crippen molar-refractivity contribution in [2.75, 3.05) is 27.5 Å². The Kier molecular flexibility index (Phi) is 11.9. The van der Waals surface area contributed by atoms with Crippen molar-refractivity contribution >= 4 is 17.8 Å². The molecule has 1 aliphatic rings. The first-order valence-electron chi connectivity index (χ1n) is 15.1. The Hall–Kier alpha value is -4.97. The number of rotatable bonds is 15. The molecule has 0 radical (unpaired) electrons. The molecule has 1 aliphatic heterocycles. The fraction of sp³-hybridized carbons (Fsp3) is 0.361. The second kappa shape index (κ2) is 16.2. The van der Waals surface area contributed by atoms with Gasteiger partial charge in [0, 0.05) is 44.5 Å². The number of amides is 1. The Morgan fingerprint density at radius 3 is 2.42 bits per heavy atom. The molecule has 0 unspecified atom stereocenters. The molecule has 45 heavy (non-hydrogen) atoms. The smallest absolute Gasteiger partial charge is 0.303 e. The maximum atomic E-state index is 12.8. The van der Waals surface area contributed by atoms with E-state index in [0.717, 1.165) is 53.5 Å². The van der Waals surface area contributed by atoms with Gasteiger partial charge in [-0.05, 0) is 90.8 Å². The lowest BCUT2D eigenvalue weighted by Crippen LogP contribution is -2.21. The zero-order valence-electron chi connectivity index (χ0n) is 25.8. The standard InChI is InChI=1S/C36H39NO8/c1-37(2)36(42)29-21-25(20-28(22-29)27-15-17-32-33(23-27)45-24-44-32)10-6-4-3-5-7-11-26-12-8-13-31(30(26)16-18-35(40)41)43-19-9-14-34(38)39/h8,12-13,15,17,20-23H,3-5,7,9,11,14,16,18-19,24H2,1-2H3,(H,38,39)(H,40,41). The summed E-state index contributed by atoms with van der Waals surface area (Å²) >= 11 is 0. The molecule has 1 amide bonds. The number of nitrogens with zero attached hydrogens (tertiary/aromatic N) is 1. The predicted molar refractivity (Wildman–Crippen MR) is 170 cm³/mol. The summed E-state index contributed by atoms with van der Waals surface area (Å²) in [5.74, 6) is 6.65. The van der Waals surface area contributed by atoms with Crippen molar-refractivity contribution in [2.45, 2.75) is 57.8 Å². The van der Waals surface area contributed by atoms with E-state index in [0.29, 0.717) is 42.1 Å². The van der Waals surface area contributed by atoms with E-state index in [-0.39, 0.29) is 32.1 Å². The molecule has 2 N–H and O–H groups in total. The van der Waals surface area contributed by atoms with Crippen LogP contribution in [0.5, 0.6) is 17.2 Å². The molecule has 9 nitrogen and oxygen atoms in total. The van der Waals surface area contributed by atoms with Gasteiger partial charge in [0.15, 0.2) is 11.5 Å². The summed E-state index contributed by atoms with van der Waals surface area (Å²) in [6.45, 7) is 0.455. The molecule has 0 spiro atoms. The number of carboxylic acids is 2. The molecule has 3 aromatic rings. The molecule has 0 aromatic heterocycles. The maximum absolute atomic E-state index is 12.8. The molecule has 236 valence electrons. The second-order valence-corrected chi connectivity index (χ2v) is 11.1. The first-order chi connectivity index (χ1) is 21.7. The fourth-order valence-corrected chi connectivity index (χ4v) is 5.10. The van der Waals surface area contributed by atoms with Crippen LogP contribution in [0, 0.1) is 11.8 Å². The number of unbranched alkanes of at least 4 members (excludes halogenated alkanes) is 3. The van der Waals surface area contributed by atoms with E-state index >= 15 is 0 Å². The van der Waals surface area contributed by atoms with E-state index in [4.69, 9.17) is 19.3 Å². The molecule has 0 saturated heterocycles. The number of carboxylic acid groups (broad SMARTS) is 2. The highest BCUT2D eigenvalue weighted by atomic mass is 16.7. The van der Waals surface area contributed by atoms with Crippen LogP contribution in [-0.4, -0.2) is 60.5 Å². The van der Waals surface area contributed by atoms with E-state index in [1.807, 2.05) is 54.6 Å². The lowest BCUT2D eigenvalue weighted by atomic mass is 9.96. The van der Waals surface area contributed by atoms with Crippen LogP contribution in [-0.2, 0) is 22.4 Å². The van der Waals surface area contributed by atoms with Gasteiger partial charge in [-0.1, -0.05) is 36.5 Å². The third-order valence-corrected chi connectivity index (χ3v) is 7.38. The van der Waals surface area contributed by atoms with Crippen LogP contribution in [0.4, 0.5) is 0 Å². The number of hydrogen-bond donors (Lipinski definition) is 2. The van der Waals surface area contributed by atoms with Crippen LogP contribution in [0.15, 0.2) is 54.6 Å². The van der Waals surface area contributed by atoms with Gasteiger partial charge in [0.2, 0.25) is 6.79 Å². The molecule has 0 bridgehead atoms. The lowest BCUT2D eigenvalue weighted by Gasteiger charge is -2.15. The van der Waals surface area contributed by atoms with E-state index < -0.39 is 11.9 Å². The second-order valence-electron chi connectivity index (χ2n) is 11.1. The Morgan fingerprint density at radius 1 is 0.844 bits per heavy atom. The van der Waals surface area contributed by atoms with Gasteiger partial charge in [0.25, 0.3) is 5.91 Å². The third-order valence-electron chi connectivity index (χ3n) is 7.38. The first-order valence-corrected chi connectivity index (χ1v) is 15.1. The number of ether oxygens (including phenoxy) is 3. The van der Waals surface area contributed by atoms with Gasteiger partial charge in [-0.25, -0.2) is 0 Å². The summed E-state index contributed by atoms with van der Waals surface area (Å²) in [7, 11) is 3.45. The summed E-state index contributed by atoms with van der Waals surface area (Å²) in [5, 5.41) is 18.1. The van der Waals surface area contributed by atoms with Crippen LogP contribution in [0.3, 0.4) is 0 Å². The number of fused-ring (bicyclic) bond motifs is 1. The zero-order valence-corrected chi connectivity index (χ0v) is 25.8. The van der Waals surface area contributed by atoms with E-state index in [2.05, 4.69) is 11.8 Å². The van der Waals surface area contributed by atoms with E-state index in [9.17, 15) is 19.5 Å². The SMILES string of the molecule is CN(C)C(=O)c1cc(C#CCCCCCc2cccc(OCCCC(=O)O)c2CCC(=O)O)cc(-c2ccc3c(c2)OCO3)c1. The van der Waals surface area contributed by atoms with Gasteiger partial charge < -0.3 is 29.3 Å². The normalized spacial score (nSPS) is 11.4. The quantitative estimate of drug-likeness (QED) is 0.154. The van der Waals surface area contributed by atoms with Crippen molar-refractivity contribution in [3.05, 3.63) is 76.9 Å². The largest absolute Gasteiger partial charge is 0.493 e. The molecule has 0 saturated carbocycles.